The zero-order chi connectivity index (χ0) is 11.3. The van der Waals surface area contributed by atoms with Crippen molar-refractivity contribution in [1.29, 1.82) is 5.26 Å². The highest BCUT2D eigenvalue weighted by atomic mass is 16.7. The number of nitrogens with zero attached hydrogens (tertiary/aromatic N) is 2. The van der Waals surface area contributed by atoms with Crippen molar-refractivity contribution < 1.29 is 4.84 Å². The van der Waals surface area contributed by atoms with E-state index in [1.807, 2.05) is 32.9 Å². The molecule has 0 bridgehead atoms. The van der Waals surface area contributed by atoms with E-state index in [-0.39, 0.29) is 5.60 Å². The lowest BCUT2D eigenvalue weighted by Crippen LogP contribution is -2.28. The molecule has 0 spiro atoms. The molecule has 0 atom stereocenters. The number of hydrogen-bond acceptors (Lipinski definition) is 4. The molecule has 0 saturated heterocycles. The van der Waals surface area contributed by atoms with Crippen molar-refractivity contribution in [3.05, 3.63) is 29.6 Å². The molecule has 1 rings (SSSR count). The molecule has 0 aliphatic rings. The fourth-order valence-corrected chi connectivity index (χ4v) is 0.981. The first-order valence-electron chi connectivity index (χ1n) is 4.77. The Bertz CT molecular complexity index is 363. The van der Waals surface area contributed by atoms with E-state index in [1.165, 1.54) is 0 Å². The van der Waals surface area contributed by atoms with Gasteiger partial charge in [-0.2, -0.15) is 10.7 Å². The van der Waals surface area contributed by atoms with E-state index < -0.39 is 0 Å². The summed E-state index contributed by atoms with van der Waals surface area (Å²) < 4.78 is 0. The quantitative estimate of drug-likeness (QED) is 0.764. The van der Waals surface area contributed by atoms with E-state index in [0.717, 1.165) is 5.56 Å². The standard InChI is InChI=1S/C11H15N3O/c1-11(2,3)15-14-8-9-4-5-13-10(6-9)7-12/h4-6,14H,8H2,1-3H3. The van der Waals surface area contributed by atoms with Gasteiger partial charge < -0.3 is 0 Å². The molecule has 0 aliphatic heterocycles. The number of hydrogen-bond donors (Lipinski definition) is 1. The maximum Gasteiger partial charge on any atom is 0.140 e. The normalized spacial score (nSPS) is 11.1. The number of rotatable bonds is 3. The fourth-order valence-electron chi connectivity index (χ4n) is 0.981. The van der Waals surface area contributed by atoms with Crippen LogP contribution in [-0.4, -0.2) is 10.6 Å². The van der Waals surface area contributed by atoms with Crippen LogP contribution in [0.25, 0.3) is 0 Å². The van der Waals surface area contributed by atoms with Crippen LogP contribution >= 0.6 is 0 Å². The number of aromatic nitrogens is 1. The highest BCUT2D eigenvalue weighted by Gasteiger charge is 2.09. The van der Waals surface area contributed by atoms with E-state index in [4.69, 9.17) is 10.1 Å². The molecule has 0 amide bonds. The van der Waals surface area contributed by atoms with Gasteiger partial charge in [-0.1, -0.05) is 0 Å². The third-order valence-corrected chi connectivity index (χ3v) is 1.59. The summed E-state index contributed by atoms with van der Waals surface area (Å²) >= 11 is 0. The Morgan fingerprint density at radius 3 is 2.87 bits per heavy atom. The van der Waals surface area contributed by atoms with Crippen LogP contribution in [-0.2, 0) is 11.4 Å². The van der Waals surface area contributed by atoms with Gasteiger partial charge >= 0.3 is 0 Å². The van der Waals surface area contributed by atoms with Crippen molar-refractivity contribution in [3.8, 4) is 6.07 Å². The Morgan fingerprint density at radius 2 is 2.27 bits per heavy atom. The monoisotopic (exact) mass is 205 g/mol. The van der Waals surface area contributed by atoms with Crippen LogP contribution in [0.3, 0.4) is 0 Å². The largest absolute Gasteiger partial charge is 0.296 e. The van der Waals surface area contributed by atoms with Crippen LogP contribution in [0.2, 0.25) is 0 Å². The van der Waals surface area contributed by atoms with Crippen LogP contribution in [0.1, 0.15) is 32.0 Å². The van der Waals surface area contributed by atoms with Gasteiger partial charge in [0.1, 0.15) is 11.8 Å². The number of nitrogens with one attached hydrogen (secondary N) is 1. The molecule has 1 aromatic rings. The predicted octanol–water partition coefficient (Wildman–Crippen LogP) is 1.77. The summed E-state index contributed by atoms with van der Waals surface area (Å²) in [6.45, 7) is 6.46. The number of nitriles is 1. The maximum atomic E-state index is 8.65. The van der Waals surface area contributed by atoms with Crippen molar-refractivity contribution >= 4 is 0 Å². The fraction of sp³-hybridized carbons (Fsp3) is 0.455. The van der Waals surface area contributed by atoms with Crippen LogP contribution in [0, 0.1) is 11.3 Å². The summed E-state index contributed by atoms with van der Waals surface area (Å²) in [5.41, 5.74) is 4.04. The number of hydroxylamine groups is 1. The summed E-state index contributed by atoms with van der Waals surface area (Å²) in [7, 11) is 0. The summed E-state index contributed by atoms with van der Waals surface area (Å²) in [6.07, 6.45) is 1.62. The minimum Gasteiger partial charge on any atom is -0.296 e. The molecule has 1 heterocycles. The second-order valence-electron chi connectivity index (χ2n) is 4.20. The van der Waals surface area contributed by atoms with Gasteiger partial charge in [-0.3, -0.25) is 4.84 Å². The van der Waals surface area contributed by atoms with Gasteiger partial charge in [0.2, 0.25) is 0 Å². The van der Waals surface area contributed by atoms with Crippen molar-refractivity contribution in [2.24, 2.45) is 0 Å². The van der Waals surface area contributed by atoms with E-state index in [2.05, 4.69) is 10.5 Å². The molecule has 0 aromatic carbocycles. The minimum absolute atomic E-state index is 0.217. The molecule has 15 heavy (non-hydrogen) atoms. The first-order valence-corrected chi connectivity index (χ1v) is 4.77. The first kappa shape index (κ1) is 11.6. The third kappa shape index (κ3) is 4.54. The zero-order valence-corrected chi connectivity index (χ0v) is 9.24. The van der Waals surface area contributed by atoms with E-state index >= 15 is 0 Å². The molecule has 80 valence electrons. The molecule has 0 aliphatic carbocycles. The molecular weight excluding hydrogens is 190 g/mol. The summed E-state index contributed by atoms with van der Waals surface area (Å²) in [5.74, 6) is 0. The lowest BCUT2D eigenvalue weighted by molar-refractivity contribution is -0.0757. The molecule has 1 aromatic heterocycles. The molecule has 0 fully saturated rings. The first-order chi connectivity index (χ1) is 7.01. The van der Waals surface area contributed by atoms with Gasteiger partial charge in [-0.15, -0.1) is 0 Å². The van der Waals surface area contributed by atoms with E-state index in [0.29, 0.717) is 12.2 Å². The molecule has 0 radical (unpaired) electrons. The van der Waals surface area contributed by atoms with E-state index in [9.17, 15) is 0 Å². The Labute approximate surface area is 89.9 Å². The van der Waals surface area contributed by atoms with Gasteiger partial charge in [0.05, 0.1) is 5.60 Å². The number of pyridine rings is 1. The second kappa shape index (κ2) is 4.87. The van der Waals surface area contributed by atoms with Crippen LogP contribution in [0.15, 0.2) is 18.3 Å². The topological polar surface area (TPSA) is 57.9 Å². The Hall–Kier alpha value is -1.44. The van der Waals surface area contributed by atoms with Crippen LogP contribution in [0.5, 0.6) is 0 Å². The van der Waals surface area contributed by atoms with Gasteiger partial charge in [-0.05, 0) is 38.5 Å². The second-order valence-corrected chi connectivity index (χ2v) is 4.20. The van der Waals surface area contributed by atoms with Crippen LogP contribution in [0.4, 0.5) is 0 Å². The van der Waals surface area contributed by atoms with Gasteiger partial charge in [-0.25, -0.2) is 4.98 Å². The predicted molar refractivity (Wildman–Crippen MR) is 56.6 cm³/mol. The van der Waals surface area contributed by atoms with Crippen molar-refractivity contribution in [2.75, 3.05) is 0 Å². The minimum atomic E-state index is -0.217. The highest BCUT2D eigenvalue weighted by Crippen LogP contribution is 2.05. The van der Waals surface area contributed by atoms with Gasteiger partial charge in [0.15, 0.2) is 0 Å². The Kier molecular flexibility index (Phi) is 3.78. The summed E-state index contributed by atoms with van der Waals surface area (Å²) in [4.78, 5) is 9.24. The SMILES string of the molecule is CC(C)(C)ONCc1ccnc(C#N)c1. The van der Waals surface area contributed by atoms with Crippen LogP contribution < -0.4 is 5.48 Å². The van der Waals surface area contributed by atoms with E-state index in [1.54, 1.807) is 12.3 Å². The lowest BCUT2D eigenvalue weighted by atomic mass is 10.2. The summed E-state index contributed by atoms with van der Waals surface area (Å²) in [6, 6.07) is 5.58. The third-order valence-electron chi connectivity index (χ3n) is 1.59. The molecule has 1 N–H and O–H groups in total. The molecular formula is C11H15N3O. The molecule has 4 heteroatoms. The van der Waals surface area contributed by atoms with Gasteiger partial charge in [0, 0.05) is 12.7 Å². The average Bonchev–Trinajstić information content (AvgIpc) is 2.16. The van der Waals surface area contributed by atoms with Crippen molar-refractivity contribution in [1.82, 2.24) is 10.5 Å². The smallest absolute Gasteiger partial charge is 0.140 e. The zero-order valence-electron chi connectivity index (χ0n) is 9.24. The maximum absolute atomic E-state index is 8.65. The highest BCUT2D eigenvalue weighted by molar-refractivity contribution is 5.25. The summed E-state index contributed by atoms with van der Waals surface area (Å²) in [5, 5.41) is 8.65. The Morgan fingerprint density at radius 1 is 1.53 bits per heavy atom. The lowest BCUT2D eigenvalue weighted by Gasteiger charge is -2.19. The van der Waals surface area contributed by atoms with Crippen molar-refractivity contribution in [3.63, 3.8) is 0 Å². The molecule has 0 saturated carbocycles. The molecule has 0 unspecified atom stereocenters. The Balaban J connectivity index is 2.48. The van der Waals surface area contributed by atoms with Gasteiger partial charge in [0.25, 0.3) is 0 Å². The average molecular weight is 205 g/mol. The molecule has 4 nitrogen and oxygen atoms in total. The van der Waals surface area contributed by atoms with Crippen molar-refractivity contribution in [2.45, 2.75) is 32.9 Å².